The Morgan fingerprint density at radius 2 is 1.86 bits per heavy atom. The third-order valence-electron chi connectivity index (χ3n) is 1.27. The number of hydrogen-bond acceptors (Lipinski definition) is 2. The highest BCUT2D eigenvalue weighted by molar-refractivity contribution is 4.90. The van der Waals surface area contributed by atoms with Gasteiger partial charge in [-0.2, -0.15) is 0 Å². The molecular weight excluding hydrogens is 174 g/mol. The maximum atomic E-state index is 5.31. The molecule has 0 aliphatic carbocycles. The molecule has 14 heavy (non-hydrogen) atoms. The van der Waals surface area contributed by atoms with Crippen molar-refractivity contribution in [2.45, 2.75) is 34.1 Å². The lowest BCUT2D eigenvalue weighted by Gasteiger charge is -2.06. The Morgan fingerprint density at radius 3 is 2.14 bits per heavy atom. The summed E-state index contributed by atoms with van der Waals surface area (Å²) in [6.07, 6.45) is 11.0. The molecule has 1 N–H and O–H groups in total. The lowest BCUT2D eigenvalue weighted by molar-refractivity contribution is 0.218. The number of nitrogens with one attached hydrogen (secondary N) is 1. The van der Waals surface area contributed by atoms with E-state index < -0.39 is 0 Å². The lowest BCUT2D eigenvalue weighted by atomic mass is 10.3. The highest BCUT2D eigenvalue weighted by Crippen LogP contribution is 2.00. The van der Waals surface area contributed by atoms with Crippen molar-refractivity contribution in [1.29, 1.82) is 0 Å². The summed E-state index contributed by atoms with van der Waals surface area (Å²) in [5, 5.41) is 3.07. The van der Waals surface area contributed by atoms with Crippen molar-refractivity contribution in [3.63, 3.8) is 0 Å². The van der Waals surface area contributed by atoms with Gasteiger partial charge in [0.1, 0.15) is 0 Å². The number of terminal acetylenes is 1. The first-order valence-electron chi connectivity index (χ1n) is 5.11. The van der Waals surface area contributed by atoms with Crippen molar-refractivity contribution in [3.8, 4) is 12.8 Å². The molecule has 0 unspecified atom stereocenters. The molecule has 0 saturated carbocycles. The Labute approximate surface area is 89.7 Å². The maximum Gasteiger partial charge on any atom is 0.0929 e. The minimum Gasteiger partial charge on any atom is -0.499 e. The van der Waals surface area contributed by atoms with E-state index in [1.54, 1.807) is 0 Å². The molecule has 0 spiro atoms. The lowest BCUT2D eigenvalue weighted by Crippen LogP contribution is -2.09. The first-order valence-corrected chi connectivity index (χ1v) is 5.11. The third kappa shape index (κ3) is 17.2. The molecule has 0 aliphatic heterocycles. The van der Waals surface area contributed by atoms with E-state index in [-0.39, 0.29) is 0 Å². The molecule has 0 rings (SSSR count). The zero-order valence-corrected chi connectivity index (χ0v) is 10.3. The van der Waals surface area contributed by atoms with E-state index in [1.807, 2.05) is 40.8 Å². The molecule has 0 aliphatic rings. The van der Waals surface area contributed by atoms with Gasteiger partial charge in [0.2, 0.25) is 0 Å². The van der Waals surface area contributed by atoms with Crippen LogP contribution >= 0.6 is 0 Å². The molecule has 0 aromatic rings. The highest BCUT2D eigenvalue weighted by atomic mass is 16.5. The van der Waals surface area contributed by atoms with E-state index in [4.69, 9.17) is 4.74 Å². The number of hydrogen-bond donors (Lipinski definition) is 1. The zero-order chi connectivity index (χ0) is 11.8. The largest absolute Gasteiger partial charge is 0.499 e. The molecule has 0 radical (unpaired) electrons. The predicted molar refractivity (Wildman–Crippen MR) is 65.2 cm³/mol. The Bertz CT molecular complexity index is 128. The van der Waals surface area contributed by atoms with Crippen LogP contribution in [0.25, 0.3) is 0 Å². The zero-order valence-electron chi connectivity index (χ0n) is 10.3. The minimum atomic E-state index is 0.767. The molecule has 0 bridgehead atoms. The van der Waals surface area contributed by atoms with Gasteiger partial charge in [0.05, 0.1) is 12.4 Å². The predicted octanol–water partition coefficient (Wildman–Crippen LogP) is 2.81. The molecule has 0 heterocycles. The normalized spacial score (nSPS) is 8.93. The van der Waals surface area contributed by atoms with Crippen molar-refractivity contribution < 1.29 is 4.74 Å². The van der Waals surface area contributed by atoms with Gasteiger partial charge < -0.3 is 10.1 Å². The van der Waals surface area contributed by atoms with Crippen molar-refractivity contribution in [2.75, 3.05) is 20.2 Å². The smallest absolute Gasteiger partial charge is 0.0929 e. The molecule has 0 aromatic carbocycles. The van der Waals surface area contributed by atoms with Gasteiger partial charge in [0, 0.05) is 13.0 Å². The second-order valence-electron chi connectivity index (χ2n) is 2.04. The monoisotopic (exact) mass is 199 g/mol. The molecule has 0 aromatic heterocycles. The minimum absolute atomic E-state index is 0.767. The van der Waals surface area contributed by atoms with E-state index >= 15 is 0 Å². The van der Waals surface area contributed by atoms with E-state index in [2.05, 4.69) is 18.2 Å². The Kier molecular flexibility index (Phi) is 30.4. The first-order chi connectivity index (χ1) is 6.85. The molecule has 0 atom stereocenters. The van der Waals surface area contributed by atoms with Crippen LogP contribution in [0.4, 0.5) is 0 Å². The molecule has 2 nitrogen and oxygen atoms in total. The van der Waals surface area contributed by atoms with Gasteiger partial charge in [-0.1, -0.05) is 13.8 Å². The Hall–Kier alpha value is -0.940. The van der Waals surface area contributed by atoms with E-state index in [9.17, 15) is 0 Å². The number of allylic oxidation sites excluding steroid dienone is 1. The average molecular weight is 199 g/mol. The van der Waals surface area contributed by atoms with Gasteiger partial charge in [0.15, 0.2) is 0 Å². The Balaban J connectivity index is -0.000000266. The second kappa shape index (κ2) is 22.7. The van der Waals surface area contributed by atoms with Crippen LogP contribution in [-0.2, 0) is 4.74 Å². The molecule has 2 heteroatoms. The van der Waals surface area contributed by atoms with Crippen LogP contribution in [0.3, 0.4) is 0 Å². The van der Waals surface area contributed by atoms with Crippen LogP contribution in [0.5, 0.6) is 0 Å². The van der Waals surface area contributed by atoms with E-state index in [1.165, 1.54) is 0 Å². The summed E-state index contributed by atoms with van der Waals surface area (Å²) in [6, 6.07) is 0. The standard InChI is InChI=1S/C8H17NO.C2H6.C2H2/c1-4-8(10-5-2)6-7-9-3;2*1-2/h4,9H,5-7H2,1-3H3;1-2H3;1-2H/b8-4-;;. The summed E-state index contributed by atoms with van der Waals surface area (Å²) < 4.78 is 5.31. The first kappa shape index (κ1) is 18.8. The molecule has 84 valence electrons. The van der Waals surface area contributed by atoms with E-state index in [0.29, 0.717) is 0 Å². The van der Waals surface area contributed by atoms with Gasteiger partial charge in [-0.05, 0) is 27.0 Å². The van der Waals surface area contributed by atoms with Gasteiger partial charge >= 0.3 is 0 Å². The quantitative estimate of drug-likeness (QED) is 0.543. The van der Waals surface area contributed by atoms with Crippen molar-refractivity contribution in [1.82, 2.24) is 5.32 Å². The molecule has 0 fully saturated rings. The highest BCUT2D eigenvalue weighted by Gasteiger charge is 1.92. The summed E-state index contributed by atoms with van der Waals surface area (Å²) >= 11 is 0. The van der Waals surface area contributed by atoms with Gasteiger partial charge in [-0.3, -0.25) is 0 Å². The van der Waals surface area contributed by atoms with Crippen LogP contribution in [0.2, 0.25) is 0 Å². The summed E-state index contributed by atoms with van der Waals surface area (Å²) in [6.45, 7) is 9.76. The second-order valence-corrected chi connectivity index (χ2v) is 2.04. The van der Waals surface area contributed by atoms with Gasteiger partial charge in [-0.15, -0.1) is 12.8 Å². The number of ether oxygens (including phenoxy) is 1. The summed E-state index contributed by atoms with van der Waals surface area (Å²) in [7, 11) is 1.94. The van der Waals surface area contributed by atoms with Crippen molar-refractivity contribution in [2.24, 2.45) is 0 Å². The summed E-state index contributed by atoms with van der Waals surface area (Å²) in [4.78, 5) is 0. The summed E-state index contributed by atoms with van der Waals surface area (Å²) in [5.41, 5.74) is 0. The fourth-order valence-electron chi connectivity index (χ4n) is 0.733. The molecular formula is C12H25NO. The molecule has 0 saturated heterocycles. The van der Waals surface area contributed by atoms with Crippen LogP contribution in [0.1, 0.15) is 34.1 Å². The maximum absolute atomic E-state index is 5.31. The van der Waals surface area contributed by atoms with Crippen molar-refractivity contribution >= 4 is 0 Å². The van der Waals surface area contributed by atoms with Gasteiger partial charge in [0.25, 0.3) is 0 Å². The SMILES string of the molecule is C#C.C/C=C(/CCNC)OCC.CC. The fraction of sp³-hybridized carbons (Fsp3) is 0.667. The summed E-state index contributed by atoms with van der Waals surface area (Å²) in [5.74, 6) is 1.08. The average Bonchev–Trinajstić information content (AvgIpc) is 2.29. The fourth-order valence-corrected chi connectivity index (χ4v) is 0.733. The topological polar surface area (TPSA) is 21.3 Å². The van der Waals surface area contributed by atoms with Crippen LogP contribution in [0, 0.1) is 12.8 Å². The van der Waals surface area contributed by atoms with Crippen LogP contribution in [-0.4, -0.2) is 20.2 Å². The molecule has 0 amide bonds. The van der Waals surface area contributed by atoms with Gasteiger partial charge in [-0.25, -0.2) is 0 Å². The number of rotatable bonds is 5. The van der Waals surface area contributed by atoms with Crippen LogP contribution in [0.15, 0.2) is 11.8 Å². The van der Waals surface area contributed by atoms with Crippen molar-refractivity contribution in [3.05, 3.63) is 11.8 Å². The van der Waals surface area contributed by atoms with Crippen LogP contribution < -0.4 is 5.32 Å². The third-order valence-corrected chi connectivity index (χ3v) is 1.27. The Morgan fingerprint density at radius 1 is 1.36 bits per heavy atom. The van der Waals surface area contributed by atoms with E-state index in [0.717, 1.165) is 25.3 Å².